The molecule has 0 radical (unpaired) electrons. The molecule has 2 rings (SSSR count). The van der Waals surface area contributed by atoms with E-state index in [1.54, 1.807) is 6.07 Å². The lowest BCUT2D eigenvalue weighted by Crippen LogP contribution is -2.37. The van der Waals surface area contributed by atoms with Gasteiger partial charge in [0.05, 0.1) is 0 Å². The van der Waals surface area contributed by atoms with Gasteiger partial charge in [0.1, 0.15) is 4.21 Å². The highest BCUT2D eigenvalue weighted by molar-refractivity contribution is 7.99. The molecule has 0 saturated heterocycles. The van der Waals surface area contributed by atoms with Gasteiger partial charge in [-0.1, -0.05) is 0 Å². The quantitative estimate of drug-likeness (QED) is 0.839. The zero-order valence-electron chi connectivity index (χ0n) is 11.9. The molecule has 0 amide bonds. The average molecular weight is 335 g/mol. The summed E-state index contributed by atoms with van der Waals surface area (Å²) in [5, 5.41) is 5.62. The number of thiophene rings is 1. The molecule has 1 aromatic rings. The van der Waals surface area contributed by atoms with E-state index >= 15 is 0 Å². The van der Waals surface area contributed by atoms with Crippen LogP contribution in [-0.2, 0) is 16.6 Å². The second-order valence-corrected chi connectivity index (χ2v) is 9.13. The van der Waals surface area contributed by atoms with Gasteiger partial charge >= 0.3 is 0 Å². The summed E-state index contributed by atoms with van der Waals surface area (Å²) in [6.45, 7) is 0.699. The fourth-order valence-electron chi connectivity index (χ4n) is 2.48. The van der Waals surface area contributed by atoms with Crippen molar-refractivity contribution in [3.8, 4) is 0 Å². The van der Waals surface area contributed by atoms with Crippen LogP contribution in [0, 0.1) is 0 Å². The summed E-state index contributed by atoms with van der Waals surface area (Å²) < 4.78 is 28.0. The van der Waals surface area contributed by atoms with Crippen molar-refractivity contribution in [1.82, 2.24) is 10.0 Å². The smallest absolute Gasteiger partial charge is 0.250 e. The predicted molar refractivity (Wildman–Crippen MR) is 87.0 cm³/mol. The molecular formula is C13H22N2O2S3. The maximum Gasteiger partial charge on any atom is 0.250 e. The molecule has 0 bridgehead atoms. The molecule has 1 aliphatic rings. The third-order valence-corrected chi connectivity index (χ3v) is 7.75. The van der Waals surface area contributed by atoms with Crippen molar-refractivity contribution >= 4 is 33.1 Å². The van der Waals surface area contributed by atoms with Crippen LogP contribution in [-0.4, -0.2) is 33.0 Å². The van der Waals surface area contributed by atoms with Gasteiger partial charge < -0.3 is 5.32 Å². The molecule has 0 spiro atoms. The van der Waals surface area contributed by atoms with E-state index < -0.39 is 10.0 Å². The van der Waals surface area contributed by atoms with Gasteiger partial charge in [-0.25, -0.2) is 13.1 Å². The lowest BCUT2D eigenvalue weighted by molar-refractivity contribution is 0.420. The highest BCUT2D eigenvalue weighted by Crippen LogP contribution is 2.28. The Kier molecular flexibility index (Phi) is 5.92. The minimum atomic E-state index is -3.35. The third kappa shape index (κ3) is 4.21. The summed E-state index contributed by atoms with van der Waals surface area (Å²) >= 11 is 3.18. The fourth-order valence-corrected chi connectivity index (χ4v) is 5.76. The molecule has 0 aliphatic heterocycles. The second-order valence-electron chi connectivity index (χ2n) is 5.13. The number of hydrogen-bond acceptors (Lipinski definition) is 5. The molecule has 1 aliphatic carbocycles. The topological polar surface area (TPSA) is 58.2 Å². The SMILES string of the molecule is CNCc1csc(S(=O)(=O)NC2CCC(SC)CC2)c1. The van der Waals surface area contributed by atoms with Crippen molar-refractivity contribution in [3.63, 3.8) is 0 Å². The van der Waals surface area contributed by atoms with Crippen LogP contribution < -0.4 is 10.0 Å². The standard InChI is InChI=1S/C13H22N2O2S3/c1-14-8-10-7-13(19-9-10)20(16,17)15-11-3-5-12(18-2)6-4-11/h7,9,11-12,14-15H,3-6,8H2,1-2H3. The summed E-state index contributed by atoms with van der Waals surface area (Å²) in [5.41, 5.74) is 1.02. The van der Waals surface area contributed by atoms with Gasteiger partial charge in [-0.2, -0.15) is 11.8 Å². The van der Waals surface area contributed by atoms with Crippen molar-refractivity contribution in [2.75, 3.05) is 13.3 Å². The van der Waals surface area contributed by atoms with Gasteiger partial charge in [-0.05, 0) is 56.0 Å². The normalized spacial score (nSPS) is 23.9. The van der Waals surface area contributed by atoms with E-state index in [9.17, 15) is 8.42 Å². The summed E-state index contributed by atoms with van der Waals surface area (Å²) in [4.78, 5) is 0. The van der Waals surface area contributed by atoms with Gasteiger partial charge in [0.2, 0.25) is 10.0 Å². The molecule has 7 heteroatoms. The largest absolute Gasteiger partial charge is 0.316 e. The Balaban J connectivity index is 1.96. The minimum Gasteiger partial charge on any atom is -0.316 e. The van der Waals surface area contributed by atoms with E-state index in [4.69, 9.17) is 0 Å². The van der Waals surface area contributed by atoms with Gasteiger partial charge in [0.15, 0.2) is 0 Å². The Labute approximate surface area is 129 Å². The van der Waals surface area contributed by atoms with Gasteiger partial charge in [-0.3, -0.25) is 0 Å². The van der Waals surface area contributed by atoms with E-state index in [2.05, 4.69) is 16.3 Å². The van der Waals surface area contributed by atoms with Crippen molar-refractivity contribution in [1.29, 1.82) is 0 Å². The second kappa shape index (κ2) is 7.26. The Hall–Kier alpha value is -0.0800. The molecule has 2 N–H and O–H groups in total. The molecule has 0 atom stereocenters. The molecular weight excluding hydrogens is 312 g/mol. The van der Waals surface area contributed by atoms with Gasteiger partial charge in [-0.15, -0.1) is 11.3 Å². The number of hydrogen-bond donors (Lipinski definition) is 2. The molecule has 0 unspecified atom stereocenters. The molecule has 114 valence electrons. The van der Waals surface area contributed by atoms with Crippen LogP contribution in [0.15, 0.2) is 15.7 Å². The van der Waals surface area contributed by atoms with Crippen molar-refractivity contribution < 1.29 is 8.42 Å². The van der Waals surface area contributed by atoms with Crippen molar-refractivity contribution in [3.05, 3.63) is 17.0 Å². The Morgan fingerprint density at radius 1 is 1.35 bits per heavy atom. The molecule has 1 heterocycles. The summed E-state index contributed by atoms with van der Waals surface area (Å²) in [7, 11) is -1.49. The maximum absolute atomic E-state index is 12.3. The first kappa shape index (κ1) is 16.3. The predicted octanol–water partition coefficient (Wildman–Crippen LogP) is 2.42. The number of sulfonamides is 1. The number of nitrogens with one attached hydrogen (secondary N) is 2. The first-order valence-electron chi connectivity index (χ1n) is 6.82. The fraction of sp³-hybridized carbons (Fsp3) is 0.692. The van der Waals surface area contributed by atoms with Crippen LogP contribution in [0.2, 0.25) is 0 Å². The van der Waals surface area contributed by atoms with Crippen molar-refractivity contribution in [2.45, 2.75) is 47.7 Å². The molecule has 20 heavy (non-hydrogen) atoms. The molecule has 4 nitrogen and oxygen atoms in total. The first-order valence-corrected chi connectivity index (χ1v) is 10.5. The van der Waals surface area contributed by atoms with E-state index in [0.29, 0.717) is 16.0 Å². The van der Waals surface area contributed by atoms with Crippen LogP contribution in [0.3, 0.4) is 0 Å². The summed E-state index contributed by atoms with van der Waals surface area (Å²) in [6, 6.07) is 1.86. The van der Waals surface area contributed by atoms with E-state index in [1.807, 2.05) is 24.2 Å². The molecule has 0 aromatic carbocycles. The van der Waals surface area contributed by atoms with Crippen LogP contribution in [0.25, 0.3) is 0 Å². The monoisotopic (exact) mass is 334 g/mol. The van der Waals surface area contributed by atoms with E-state index in [-0.39, 0.29) is 6.04 Å². The molecule has 1 fully saturated rings. The Morgan fingerprint density at radius 2 is 2.05 bits per heavy atom. The minimum absolute atomic E-state index is 0.0956. The van der Waals surface area contributed by atoms with E-state index in [1.165, 1.54) is 11.3 Å². The molecule has 1 aromatic heterocycles. The summed E-state index contributed by atoms with van der Waals surface area (Å²) in [6.07, 6.45) is 6.22. The maximum atomic E-state index is 12.3. The van der Waals surface area contributed by atoms with Crippen LogP contribution in [0.1, 0.15) is 31.2 Å². The highest BCUT2D eigenvalue weighted by atomic mass is 32.2. The lowest BCUT2D eigenvalue weighted by Gasteiger charge is -2.27. The number of rotatable bonds is 6. The molecule has 1 saturated carbocycles. The van der Waals surface area contributed by atoms with Crippen LogP contribution in [0.5, 0.6) is 0 Å². The van der Waals surface area contributed by atoms with Gasteiger partial charge in [0, 0.05) is 17.8 Å². The summed E-state index contributed by atoms with van der Waals surface area (Å²) in [5.74, 6) is 0. The van der Waals surface area contributed by atoms with Crippen LogP contribution in [0.4, 0.5) is 0 Å². The average Bonchev–Trinajstić information content (AvgIpc) is 2.89. The van der Waals surface area contributed by atoms with Gasteiger partial charge in [0.25, 0.3) is 0 Å². The highest BCUT2D eigenvalue weighted by Gasteiger charge is 2.26. The number of thioether (sulfide) groups is 1. The lowest BCUT2D eigenvalue weighted by atomic mass is 9.96. The Bertz CT molecular complexity index is 519. The van der Waals surface area contributed by atoms with E-state index in [0.717, 1.165) is 31.2 Å². The zero-order valence-corrected chi connectivity index (χ0v) is 14.3. The first-order chi connectivity index (χ1) is 9.55. The third-order valence-electron chi connectivity index (χ3n) is 3.60. The zero-order chi connectivity index (χ0) is 14.6. The van der Waals surface area contributed by atoms with Crippen molar-refractivity contribution in [2.24, 2.45) is 0 Å². The van der Waals surface area contributed by atoms with Crippen LogP contribution >= 0.6 is 23.1 Å². The Morgan fingerprint density at radius 3 is 2.65 bits per heavy atom.